The molecule has 20 heavy (non-hydrogen) atoms. The minimum absolute atomic E-state index is 0.0758. The van der Waals surface area contributed by atoms with Crippen LogP contribution in [0.4, 0.5) is 0 Å². The first-order valence-corrected chi connectivity index (χ1v) is 7.72. The number of aryl methyl sites for hydroxylation is 1. The molecular formula is C16H18N2OS. The molecule has 1 unspecified atom stereocenters. The molecule has 3 rings (SSSR count). The van der Waals surface area contributed by atoms with E-state index in [1.807, 2.05) is 17.5 Å². The van der Waals surface area contributed by atoms with Crippen LogP contribution in [0.25, 0.3) is 0 Å². The second-order valence-corrected chi connectivity index (χ2v) is 6.24. The highest BCUT2D eigenvalue weighted by atomic mass is 32.1. The Hall–Kier alpha value is -1.65. The van der Waals surface area contributed by atoms with E-state index in [0.29, 0.717) is 6.42 Å². The topological polar surface area (TPSA) is 41.1 Å². The molecule has 1 aromatic heterocycles. The molecule has 1 atom stereocenters. The van der Waals surface area contributed by atoms with E-state index in [9.17, 15) is 4.79 Å². The molecular weight excluding hydrogens is 268 g/mol. The predicted molar refractivity (Wildman–Crippen MR) is 81.8 cm³/mol. The number of fused-ring (bicyclic) bond motifs is 1. The van der Waals surface area contributed by atoms with Gasteiger partial charge in [0, 0.05) is 18.0 Å². The van der Waals surface area contributed by atoms with Crippen molar-refractivity contribution in [3.05, 3.63) is 57.3 Å². The average molecular weight is 286 g/mol. The van der Waals surface area contributed by atoms with Crippen LogP contribution < -0.4 is 10.6 Å². The molecule has 104 valence electrons. The molecule has 0 fully saturated rings. The maximum atomic E-state index is 12.1. The summed E-state index contributed by atoms with van der Waals surface area (Å²) < 4.78 is 0. The number of amides is 1. The lowest BCUT2D eigenvalue weighted by atomic mass is 9.95. The summed E-state index contributed by atoms with van der Waals surface area (Å²) in [6.45, 7) is 3.78. The van der Waals surface area contributed by atoms with E-state index in [1.54, 1.807) is 11.3 Å². The summed E-state index contributed by atoms with van der Waals surface area (Å²) in [6.07, 6.45) is 0.468. The van der Waals surface area contributed by atoms with Gasteiger partial charge in [0.1, 0.15) is 0 Å². The molecule has 1 aliphatic heterocycles. The number of hydrogen-bond acceptors (Lipinski definition) is 3. The molecule has 3 nitrogen and oxygen atoms in total. The number of rotatable bonds is 3. The van der Waals surface area contributed by atoms with Crippen molar-refractivity contribution in [2.75, 3.05) is 6.54 Å². The highest BCUT2D eigenvalue weighted by Gasteiger charge is 2.21. The Balaban J connectivity index is 1.71. The van der Waals surface area contributed by atoms with Gasteiger partial charge in [-0.3, -0.25) is 4.79 Å². The fraction of sp³-hybridized carbons (Fsp3) is 0.312. The van der Waals surface area contributed by atoms with Gasteiger partial charge in [0.15, 0.2) is 0 Å². The van der Waals surface area contributed by atoms with Crippen LogP contribution in [0.3, 0.4) is 0 Å². The fourth-order valence-electron chi connectivity index (χ4n) is 2.63. The lowest BCUT2D eigenvalue weighted by Gasteiger charge is -2.27. The average Bonchev–Trinajstić information content (AvgIpc) is 2.91. The van der Waals surface area contributed by atoms with Crippen LogP contribution in [0.5, 0.6) is 0 Å². The lowest BCUT2D eigenvalue weighted by Crippen LogP contribution is -2.39. The van der Waals surface area contributed by atoms with Crippen LogP contribution in [0, 0.1) is 6.92 Å². The standard InChI is InChI=1S/C16H18N2OS/c1-11-4-5-14-12(7-11)9-17-10-15(14)18-16(19)8-13-3-2-6-20-13/h2-7,15,17H,8-10H2,1H3,(H,18,19). The Labute approximate surface area is 123 Å². The molecule has 1 aliphatic rings. The summed E-state index contributed by atoms with van der Waals surface area (Å²) in [5.41, 5.74) is 3.79. The monoisotopic (exact) mass is 286 g/mol. The first-order chi connectivity index (χ1) is 9.72. The summed E-state index contributed by atoms with van der Waals surface area (Å²) in [4.78, 5) is 13.2. The number of benzene rings is 1. The largest absolute Gasteiger partial charge is 0.348 e. The SMILES string of the molecule is Cc1ccc2c(c1)CNCC2NC(=O)Cc1cccs1. The quantitative estimate of drug-likeness (QED) is 0.910. The Bertz CT molecular complexity index is 607. The normalized spacial score (nSPS) is 17.6. The zero-order chi connectivity index (χ0) is 13.9. The smallest absolute Gasteiger partial charge is 0.225 e. The van der Waals surface area contributed by atoms with E-state index in [4.69, 9.17) is 0 Å². The Morgan fingerprint density at radius 1 is 1.45 bits per heavy atom. The van der Waals surface area contributed by atoms with Gasteiger partial charge < -0.3 is 10.6 Å². The van der Waals surface area contributed by atoms with Gasteiger partial charge in [-0.25, -0.2) is 0 Å². The molecule has 0 saturated carbocycles. The summed E-state index contributed by atoms with van der Waals surface area (Å²) in [6, 6.07) is 10.5. The van der Waals surface area contributed by atoms with Crippen molar-refractivity contribution in [1.82, 2.24) is 10.6 Å². The van der Waals surface area contributed by atoms with E-state index in [1.165, 1.54) is 16.7 Å². The number of carbonyl (C=O) groups excluding carboxylic acids is 1. The first kappa shape index (κ1) is 13.3. The summed E-state index contributed by atoms with van der Waals surface area (Å²) >= 11 is 1.62. The van der Waals surface area contributed by atoms with E-state index in [-0.39, 0.29) is 11.9 Å². The van der Waals surface area contributed by atoms with Crippen molar-refractivity contribution in [3.63, 3.8) is 0 Å². The zero-order valence-corrected chi connectivity index (χ0v) is 12.3. The molecule has 0 aliphatic carbocycles. The number of thiophene rings is 1. The molecule has 0 saturated heterocycles. The van der Waals surface area contributed by atoms with Crippen molar-refractivity contribution in [2.45, 2.75) is 25.9 Å². The van der Waals surface area contributed by atoms with E-state index >= 15 is 0 Å². The third kappa shape index (κ3) is 2.92. The van der Waals surface area contributed by atoms with Crippen LogP contribution in [0.2, 0.25) is 0 Å². The van der Waals surface area contributed by atoms with Gasteiger partial charge in [0.2, 0.25) is 5.91 Å². The second-order valence-electron chi connectivity index (χ2n) is 5.21. The van der Waals surface area contributed by atoms with Crippen molar-refractivity contribution in [1.29, 1.82) is 0 Å². The third-order valence-corrected chi connectivity index (χ3v) is 4.46. The van der Waals surface area contributed by atoms with Crippen molar-refractivity contribution >= 4 is 17.2 Å². The summed E-state index contributed by atoms with van der Waals surface area (Å²) in [5.74, 6) is 0.0904. The van der Waals surface area contributed by atoms with Crippen molar-refractivity contribution in [2.24, 2.45) is 0 Å². The lowest BCUT2D eigenvalue weighted by molar-refractivity contribution is -0.121. The number of carbonyl (C=O) groups is 1. The number of nitrogens with one attached hydrogen (secondary N) is 2. The highest BCUT2D eigenvalue weighted by molar-refractivity contribution is 7.10. The molecule has 2 heterocycles. The fourth-order valence-corrected chi connectivity index (χ4v) is 3.34. The Kier molecular flexibility index (Phi) is 3.85. The van der Waals surface area contributed by atoms with E-state index in [0.717, 1.165) is 18.0 Å². The van der Waals surface area contributed by atoms with E-state index < -0.39 is 0 Å². The Morgan fingerprint density at radius 2 is 2.35 bits per heavy atom. The van der Waals surface area contributed by atoms with Crippen LogP contribution in [0.15, 0.2) is 35.7 Å². The minimum Gasteiger partial charge on any atom is -0.348 e. The predicted octanol–water partition coefficient (Wildman–Crippen LogP) is 2.56. The van der Waals surface area contributed by atoms with Crippen LogP contribution >= 0.6 is 11.3 Å². The van der Waals surface area contributed by atoms with Crippen LogP contribution in [-0.2, 0) is 17.8 Å². The van der Waals surface area contributed by atoms with Gasteiger partial charge in [-0.2, -0.15) is 0 Å². The van der Waals surface area contributed by atoms with Crippen molar-refractivity contribution < 1.29 is 4.79 Å². The van der Waals surface area contributed by atoms with E-state index in [2.05, 4.69) is 35.8 Å². The summed E-state index contributed by atoms with van der Waals surface area (Å²) in [7, 11) is 0. The van der Waals surface area contributed by atoms with Gasteiger partial charge in [-0.1, -0.05) is 29.8 Å². The van der Waals surface area contributed by atoms with Gasteiger partial charge in [0.05, 0.1) is 12.5 Å². The number of hydrogen-bond donors (Lipinski definition) is 2. The summed E-state index contributed by atoms with van der Waals surface area (Å²) in [5, 5.41) is 8.51. The molecule has 0 radical (unpaired) electrons. The molecule has 4 heteroatoms. The molecule has 2 N–H and O–H groups in total. The van der Waals surface area contributed by atoms with Crippen LogP contribution in [0.1, 0.15) is 27.6 Å². The van der Waals surface area contributed by atoms with Gasteiger partial charge in [-0.15, -0.1) is 11.3 Å². The highest BCUT2D eigenvalue weighted by Crippen LogP contribution is 2.23. The third-order valence-electron chi connectivity index (χ3n) is 3.59. The second kappa shape index (κ2) is 5.77. The molecule has 1 aromatic carbocycles. The van der Waals surface area contributed by atoms with Gasteiger partial charge >= 0.3 is 0 Å². The molecule has 1 amide bonds. The van der Waals surface area contributed by atoms with Gasteiger partial charge in [0.25, 0.3) is 0 Å². The molecule has 0 spiro atoms. The maximum Gasteiger partial charge on any atom is 0.225 e. The minimum atomic E-state index is 0.0758. The van der Waals surface area contributed by atoms with Crippen molar-refractivity contribution in [3.8, 4) is 0 Å². The zero-order valence-electron chi connectivity index (χ0n) is 11.5. The first-order valence-electron chi connectivity index (χ1n) is 6.84. The maximum absolute atomic E-state index is 12.1. The molecule has 0 bridgehead atoms. The van der Waals surface area contributed by atoms with Crippen LogP contribution in [-0.4, -0.2) is 12.5 Å². The Morgan fingerprint density at radius 3 is 3.15 bits per heavy atom. The molecule has 2 aromatic rings. The van der Waals surface area contributed by atoms with Gasteiger partial charge in [-0.05, 0) is 29.5 Å².